The van der Waals surface area contributed by atoms with Crippen LogP contribution < -0.4 is 10.6 Å². The van der Waals surface area contributed by atoms with Crippen LogP contribution in [0.5, 0.6) is 0 Å². The Labute approximate surface area is 164 Å². The predicted octanol–water partition coefficient (Wildman–Crippen LogP) is 2.52. The topological polar surface area (TPSA) is 63.1 Å². The highest BCUT2D eigenvalue weighted by atomic mass is 19.1. The number of hydrogen-bond acceptors (Lipinski definition) is 3. The number of halogens is 1. The summed E-state index contributed by atoms with van der Waals surface area (Å²) in [5.41, 5.74) is 3.93. The largest absolute Gasteiger partial charge is 0.352 e. The van der Waals surface area contributed by atoms with E-state index in [1.807, 2.05) is 17.6 Å². The SMILES string of the molecule is Cc1c(CC(=O)N[C@H]2CCNC2)c2c(n1Cc1ccccc1F)CCCC2=O. The molecule has 148 valence electrons. The number of ketones is 1. The molecule has 1 aromatic heterocycles. The molecule has 2 aliphatic rings. The van der Waals surface area contributed by atoms with Gasteiger partial charge < -0.3 is 15.2 Å². The zero-order chi connectivity index (χ0) is 19.7. The molecule has 2 N–H and O–H groups in total. The second-order valence-corrected chi connectivity index (χ2v) is 7.77. The van der Waals surface area contributed by atoms with Crippen molar-refractivity contribution >= 4 is 11.7 Å². The molecule has 6 heteroatoms. The Kier molecular flexibility index (Phi) is 5.31. The number of nitrogens with one attached hydrogen (secondary N) is 2. The van der Waals surface area contributed by atoms with E-state index in [-0.39, 0.29) is 30.0 Å². The number of Topliss-reactive ketones (excluding diaryl/α,β-unsaturated/α-hetero) is 1. The quantitative estimate of drug-likeness (QED) is 0.834. The lowest BCUT2D eigenvalue weighted by atomic mass is 9.92. The van der Waals surface area contributed by atoms with Gasteiger partial charge in [0.15, 0.2) is 5.78 Å². The molecule has 1 aromatic carbocycles. The molecule has 0 bridgehead atoms. The summed E-state index contributed by atoms with van der Waals surface area (Å²) in [5, 5.41) is 6.30. The number of benzene rings is 1. The van der Waals surface area contributed by atoms with Crippen LogP contribution in [0.15, 0.2) is 24.3 Å². The summed E-state index contributed by atoms with van der Waals surface area (Å²) >= 11 is 0. The van der Waals surface area contributed by atoms with E-state index in [4.69, 9.17) is 0 Å². The van der Waals surface area contributed by atoms with E-state index in [9.17, 15) is 14.0 Å². The predicted molar refractivity (Wildman–Crippen MR) is 105 cm³/mol. The normalized spacial score (nSPS) is 18.9. The molecule has 28 heavy (non-hydrogen) atoms. The first kappa shape index (κ1) is 18.9. The van der Waals surface area contributed by atoms with Gasteiger partial charge in [-0.2, -0.15) is 0 Å². The standard InChI is InChI=1S/C22H26FN3O2/c1-14-17(11-21(28)25-16-9-10-24-12-16)22-19(7-4-8-20(22)27)26(14)13-15-5-2-3-6-18(15)23/h2-3,5-6,16,24H,4,7-13H2,1H3,(H,25,28)/t16-/m0/s1. The molecular formula is C22H26FN3O2. The molecule has 1 saturated heterocycles. The summed E-state index contributed by atoms with van der Waals surface area (Å²) in [6, 6.07) is 6.87. The van der Waals surface area contributed by atoms with Crippen molar-refractivity contribution in [3.63, 3.8) is 0 Å². The zero-order valence-electron chi connectivity index (χ0n) is 16.2. The fourth-order valence-electron chi connectivity index (χ4n) is 4.43. The van der Waals surface area contributed by atoms with E-state index < -0.39 is 0 Å². The first-order valence-corrected chi connectivity index (χ1v) is 10.0. The average Bonchev–Trinajstić information content (AvgIpc) is 3.26. The highest BCUT2D eigenvalue weighted by molar-refractivity contribution is 6.01. The molecule has 1 amide bonds. The Hall–Kier alpha value is -2.47. The summed E-state index contributed by atoms with van der Waals surface area (Å²) in [6.07, 6.45) is 3.21. The van der Waals surface area contributed by atoms with Gasteiger partial charge >= 0.3 is 0 Å². The lowest BCUT2D eigenvalue weighted by Crippen LogP contribution is -2.37. The molecule has 2 heterocycles. The minimum atomic E-state index is -0.250. The van der Waals surface area contributed by atoms with Gasteiger partial charge in [-0.15, -0.1) is 0 Å². The molecule has 1 fully saturated rings. The van der Waals surface area contributed by atoms with E-state index in [1.54, 1.807) is 12.1 Å². The van der Waals surface area contributed by atoms with Crippen molar-refractivity contribution in [1.82, 2.24) is 15.2 Å². The van der Waals surface area contributed by atoms with Crippen LogP contribution in [-0.4, -0.2) is 35.4 Å². The van der Waals surface area contributed by atoms with Crippen molar-refractivity contribution in [2.24, 2.45) is 0 Å². The van der Waals surface area contributed by atoms with Crippen molar-refractivity contribution < 1.29 is 14.0 Å². The number of fused-ring (bicyclic) bond motifs is 1. The van der Waals surface area contributed by atoms with Crippen molar-refractivity contribution in [2.45, 2.75) is 51.6 Å². The number of nitrogens with zero attached hydrogens (tertiary/aromatic N) is 1. The lowest BCUT2D eigenvalue weighted by Gasteiger charge is -2.16. The van der Waals surface area contributed by atoms with Gasteiger partial charge in [-0.05, 0) is 44.4 Å². The average molecular weight is 383 g/mol. The molecule has 1 aliphatic heterocycles. The Balaban J connectivity index is 1.66. The van der Waals surface area contributed by atoms with Gasteiger partial charge in [-0.1, -0.05) is 18.2 Å². The number of rotatable bonds is 5. The molecule has 5 nitrogen and oxygen atoms in total. The van der Waals surface area contributed by atoms with Crippen molar-refractivity contribution in [3.8, 4) is 0 Å². The summed E-state index contributed by atoms with van der Waals surface area (Å²) in [6.45, 7) is 4.02. The van der Waals surface area contributed by atoms with E-state index >= 15 is 0 Å². The Morgan fingerprint density at radius 1 is 1.32 bits per heavy atom. The third-order valence-corrected chi connectivity index (χ3v) is 5.90. The van der Waals surface area contributed by atoms with Crippen LogP contribution in [0.2, 0.25) is 0 Å². The molecule has 0 unspecified atom stereocenters. The smallest absolute Gasteiger partial charge is 0.224 e. The van der Waals surface area contributed by atoms with Crippen molar-refractivity contribution in [1.29, 1.82) is 0 Å². The molecule has 4 rings (SSSR count). The van der Waals surface area contributed by atoms with E-state index in [0.717, 1.165) is 49.3 Å². The Morgan fingerprint density at radius 2 is 2.14 bits per heavy atom. The van der Waals surface area contributed by atoms with E-state index in [0.29, 0.717) is 24.1 Å². The monoisotopic (exact) mass is 383 g/mol. The van der Waals surface area contributed by atoms with Crippen LogP contribution in [0.25, 0.3) is 0 Å². The molecule has 0 saturated carbocycles. The van der Waals surface area contributed by atoms with Crippen LogP contribution >= 0.6 is 0 Å². The summed E-state index contributed by atoms with van der Waals surface area (Å²) in [4.78, 5) is 25.3. The molecular weight excluding hydrogens is 357 g/mol. The molecule has 1 atom stereocenters. The first-order chi connectivity index (χ1) is 13.5. The van der Waals surface area contributed by atoms with Gasteiger partial charge in [0.05, 0.1) is 13.0 Å². The van der Waals surface area contributed by atoms with Gasteiger partial charge in [0, 0.05) is 41.5 Å². The maximum atomic E-state index is 14.2. The fourth-order valence-corrected chi connectivity index (χ4v) is 4.43. The van der Waals surface area contributed by atoms with Crippen molar-refractivity contribution in [2.75, 3.05) is 13.1 Å². The molecule has 0 spiro atoms. The number of carbonyl (C=O) groups is 2. The maximum absolute atomic E-state index is 14.2. The first-order valence-electron chi connectivity index (χ1n) is 10.0. The number of aromatic nitrogens is 1. The van der Waals surface area contributed by atoms with Gasteiger partial charge in [0.2, 0.25) is 5.91 Å². The van der Waals surface area contributed by atoms with Crippen LogP contribution in [0, 0.1) is 12.7 Å². The van der Waals surface area contributed by atoms with Crippen molar-refractivity contribution in [3.05, 3.63) is 58.2 Å². The number of carbonyl (C=O) groups excluding carboxylic acids is 2. The fraction of sp³-hybridized carbons (Fsp3) is 0.455. The van der Waals surface area contributed by atoms with Gasteiger partial charge in [-0.3, -0.25) is 9.59 Å². The molecule has 1 aliphatic carbocycles. The summed E-state index contributed by atoms with van der Waals surface area (Å²) < 4.78 is 16.2. The van der Waals surface area contributed by atoms with Crippen LogP contribution in [0.1, 0.15) is 52.1 Å². The minimum Gasteiger partial charge on any atom is -0.352 e. The Bertz CT molecular complexity index is 913. The van der Waals surface area contributed by atoms with Crippen LogP contribution in [0.3, 0.4) is 0 Å². The molecule has 0 radical (unpaired) electrons. The maximum Gasteiger partial charge on any atom is 0.224 e. The highest BCUT2D eigenvalue weighted by Gasteiger charge is 2.29. The third kappa shape index (κ3) is 3.61. The van der Waals surface area contributed by atoms with Gasteiger partial charge in [-0.25, -0.2) is 4.39 Å². The highest BCUT2D eigenvalue weighted by Crippen LogP contribution is 2.31. The third-order valence-electron chi connectivity index (χ3n) is 5.90. The van der Waals surface area contributed by atoms with Gasteiger partial charge in [0.1, 0.15) is 5.82 Å². The summed E-state index contributed by atoms with van der Waals surface area (Å²) in [5.74, 6) is -0.206. The number of amides is 1. The zero-order valence-corrected chi connectivity index (χ0v) is 16.2. The van der Waals surface area contributed by atoms with Crippen LogP contribution in [-0.2, 0) is 24.2 Å². The second-order valence-electron chi connectivity index (χ2n) is 7.77. The van der Waals surface area contributed by atoms with Crippen LogP contribution in [0.4, 0.5) is 4.39 Å². The molecule has 2 aromatic rings. The van der Waals surface area contributed by atoms with E-state index in [1.165, 1.54) is 6.07 Å². The van der Waals surface area contributed by atoms with E-state index in [2.05, 4.69) is 10.6 Å². The van der Waals surface area contributed by atoms with Gasteiger partial charge in [0.25, 0.3) is 0 Å². The Morgan fingerprint density at radius 3 is 2.89 bits per heavy atom. The number of hydrogen-bond donors (Lipinski definition) is 2. The second kappa shape index (κ2) is 7.87. The summed E-state index contributed by atoms with van der Waals surface area (Å²) in [7, 11) is 0. The lowest BCUT2D eigenvalue weighted by molar-refractivity contribution is -0.121. The minimum absolute atomic E-state index is 0.0546.